The van der Waals surface area contributed by atoms with Crippen molar-refractivity contribution < 1.29 is 5.11 Å². The minimum absolute atomic E-state index is 0.279. The largest absolute Gasteiger partial charge is 0.393 e. The van der Waals surface area contributed by atoms with Crippen LogP contribution in [0, 0.1) is 5.92 Å². The Morgan fingerprint density at radius 1 is 1.50 bits per heavy atom. The minimum Gasteiger partial charge on any atom is -0.393 e. The molecule has 1 aliphatic heterocycles. The van der Waals surface area contributed by atoms with Crippen LogP contribution < -0.4 is 4.90 Å². The second-order valence-electron chi connectivity index (χ2n) is 4.26. The van der Waals surface area contributed by atoms with Crippen molar-refractivity contribution in [3.8, 4) is 0 Å². The van der Waals surface area contributed by atoms with Crippen molar-refractivity contribution in [2.24, 2.45) is 5.92 Å². The van der Waals surface area contributed by atoms with Crippen LogP contribution in [0.2, 0.25) is 5.15 Å². The molecule has 0 unspecified atom stereocenters. The van der Waals surface area contributed by atoms with Crippen LogP contribution in [0.5, 0.6) is 0 Å². The van der Waals surface area contributed by atoms with Gasteiger partial charge in [-0.2, -0.15) is 0 Å². The van der Waals surface area contributed by atoms with Crippen LogP contribution in [0.25, 0.3) is 0 Å². The van der Waals surface area contributed by atoms with E-state index < -0.39 is 0 Å². The van der Waals surface area contributed by atoms with Crippen molar-refractivity contribution in [2.45, 2.75) is 25.9 Å². The first-order valence-corrected chi connectivity index (χ1v) is 5.96. The summed E-state index contributed by atoms with van der Waals surface area (Å²) in [5, 5.41) is 10.1. The summed E-state index contributed by atoms with van der Waals surface area (Å²) >= 11 is 6.01. The molecule has 16 heavy (non-hydrogen) atoms. The molecule has 0 aromatic carbocycles. The maximum atomic E-state index is 9.62. The summed E-state index contributed by atoms with van der Waals surface area (Å²) in [7, 11) is 0. The zero-order chi connectivity index (χ0) is 11.5. The average molecular weight is 242 g/mol. The van der Waals surface area contributed by atoms with E-state index in [9.17, 15) is 5.11 Å². The lowest BCUT2D eigenvalue weighted by Crippen LogP contribution is -2.40. The highest BCUT2D eigenvalue weighted by atomic mass is 35.5. The molecule has 1 N–H and O–H groups in total. The normalized spacial score (nSPS) is 23.2. The van der Waals surface area contributed by atoms with Gasteiger partial charge >= 0.3 is 0 Å². The Bertz CT molecular complexity index is 359. The highest BCUT2D eigenvalue weighted by Crippen LogP contribution is 2.27. The van der Waals surface area contributed by atoms with Crippen LogP contribution in [-0.2, 0) is 0 Å². The fourth-order valence-electron chi connectivity index (χ4n) is 2.12. The first-order chi connectivity index (χ1) is 7.68. The summed E-state index contributed by atoms with van der Waals surface area (Å²) in [6.45, 7) is 3.57. The van der Waals surface area contributed by atoms with Crippen molar-refractivity contribution in [2.75, 3.05) is 18.0 Å². The lowest BCUT2D eigenvalue weighted by atomic mass is 9.93. The molecular formula is C11H16ClN3O. The highest BCUT2D eigenvalue weighted by molar-refractivity contribution is 6.31. The molecule has 1 aromatic heterocycles. The van der Waals surface area contributed by atoms with Gasteiger partial charge in [-0.05, 0) is 19.8 Å². The van der Waals surface area contributed by atoms with Gasteiger partial charge in [0.15, 0.2) is 11.0 Å². The molecule has 1 aromatic rings. The van der Waals surface area contributed by atoms with E-state index in [4.69, 9.17) is 11.6 Å². The van der Waals surface area contributed by atoms with Gasteiger partial charge in [-0.3, -0.25) is 0 Å². The lowest BCUT2D eigenvalue weighted by Gasteiger charge is -2.34. The summed E-state index contributed by atoms with van der Waals surface area (Å²) in [4.78, 5) is 10.4. The zero-order valence-corrected chi connectivity index (χ0v) is 10.1. The number of hydrogen-bond acceptors (Lipinski definition) is 4. The molecule has 2 heterocycles. The monoisotopic (exact) mass is 241 g/mol. The van der Waals surface area contributed by atoms with E-state index in [2.05, 4.69) is 14.9 Å². The first kappa shape index (κ1) is 11.6. The summed E-state index contributed by atoms with van der Waals surface area (Å²) < 4.78 is 0. The topological polar surface area (TPSA) is 49.2 Å². The van der Waals surface area contributed by atoms with Crippen molar-refractivity contribution >= 4 is 17.4 Å². The molecular weight excluding hydrogens is 226 g/mol. The fraction of sp³-hybridized carbons (Fsp3) is 0.636. The second-order valence-corrected chi connectivity index (χ2v) is 4.62. The third-order valence-electron chi connectivity index (χ3n) is 3.08. The number of hydrogen-bond donors (Lipinski definition) is 1. The fourth-order valence-corrected chi connectivity index (χ4v) is 2.35. The number of halogens is 1. The van der Waals surface area contributed by atoms with Crippen LogP contribution in [0.1, 0.15) is 19.8 Å². The van der Waals surface area contributed by atoms with E-state index in [0.29, 0.717) is 11.1 Å². The van der Waals surface area contributed by atoms with Crippen LogP contribution in [0.15, 0.2) is 12.4 Å². The predicted octanol–water partition coefficient (Wildman–Crippen LogP) is 1.73. The number of aromatic nitrogens is 2. The number of piperidine rings is 1. The van der Waals surface area contributed by atoms with Crippen molar-refractivity contribution in [3.63, 3.8) is 0 Å². The van der Waals surface area contributed by atoms with Crippen LogP contribution in [0.3, 0.4) is 0 Å². The summed E-state index contributed by atoms with van der Waals surface area (Å²) in [6, 6.07) is 0. The summed E-state index contributed by atoms with van der Waals surface area (Å²) in [6.07, 6.45) is 5.07. The molecule has 2 rings (SSSR count). The van der Waals surface area contributed by atoms with Gasteiger partial charge in [0, 0.05) is 31.4 Å². The van der Waals surface area contributed by atoms with Gasteiger partial charge in [-0.1, -0.05) is 11.6 Å². The van der Waals surface area contributed by atoms with E-state index in [1.807, 2.05) is 6.92 Å². The third-order valence-corrected chi connectivity index (χ3v) is 3.34. The molecule has 0 amide bonds. The molecule has 0 spiro atoms. The molecule has 1 fully saturated rings. The predicted molar refractivity (Wildman–Crippen MR) is 63.7 cm³/mol. The molecule has 4 nitrogen and oxygen atoms in total. The van der Waals surface area contributed by atoms with Crippen molar-refractivity contribution in [1.82, 2.24) is 9.97 Å². The van der Waals surface area contributed by atoms with Gasteiger partial charge in [0.2, 0.25) is 0 Å². The molecule has 0 saturated carbocycles. The average Bonchev–Trinajstić information content (AvgIpc) is 2.30. The molecule has 0 bridgehead atoms. The van der Waals surface area contributed by atoms with Gasteiger partial charge in [-0.25, -0.2) is 9.97 Å². The van der Waals surface area contributed by atoms with Crippen LogP contribution >= 0.6 is 11.6 Å². The molecule has 2 atom stereocenters. The van der Waals surface area contributed by atoms with Crippen LogP contribution in [-0.4, -0.2) is 34.3 Å². The molecule has 88 valence electrons. The van der Waals surface area contributed by atoms with Crippen molar-refractivity contribution in [1.29, 1.82) is 0 Å². The lowest BCUT2D eigenvalue weighted by molar-refractivity contribution is 0.115. The van der Waals surface area contributed by atoms with Crippen LogP contribution in [0.4, 0.5) is 5.82 Å². The van der Waals surface area contributed by atoms with Gasteiger partial charge in [0.1, 0.15) is 0 Å². The summed E-state index contributed by atoms with van der Waals surface area (Å²) in [5.41, 5.74) is 0. The van der Waals surface area contributed by atoms with E-state index in [-0.39, 0.29) is 6.10 Å². The van der Waals surface area contributed by atoms with E-state index in [0.717, 1.165) is 31.7 Å². The van der Waals surface area contributed by atoms with E-state index in [1.54, 1.807) is 12.4 Å². The van der Waals surface area contributed by atoms with E-state index >= 15 is 0 Å². The number of nitrogens with zero attached hydrogens (tertiary/aromatic N) is 3. The number of anilines is 1. The Kier molecular flexibility index (Phi) is 3.61. The Hall–Kier alpha value is -0.870. The summed E-state index contributed by atoms with van der Waals surface area (Å²) in [5.74, 6) is 1.03. The second kappa shape index (κ2) is 4.97. The quantitative estimate of drug-likeness (QED) is 0.857. The maximum absolute atomic E-state index is 9.62. The SMILES string of the molecule is C[C@H](O)[C@@H]1CCCN(c2nccnc2Cl)C1. The molecule has 5 heteroatoms. The maximum Gasteiger partial charge on any atom is 0.171 e. The van der Waals surface area contributed by atoms with Gasteiger partial charge in [-0.15, -0.1) is 0 Å². The standard InChI is InChI=1S/C11H16ClN3O/c1-8(16)9-3-2-6-15(7-9)11-10(12)13-4-5-14-11/h4-5,8-9,16H,2-3,6-7H2,1H3/t8-,9+/m0/s1. The zero-order valence-electron chi connectivity index (χ0n) is 9.30. The molecule has 0 aliphatic carbocycles. The minimum atomic E-state index is -0.279. The third kappa shape index (κ3) is 2.44. The number of aliphatic hydroxyl groups is 1. The van der Waals surface area contributed by atoms with E-state index in [1.165, 1.54) is 0 Å². The van der Waals surface area contributed by atoms with Crippen molar-refractivity contribution in [3.05, 3.63) is 17.5 Å². The van der Waals surface area contributed by atoms with Gasteiger partial charge < -0.3 is 10.0 Å². The Balaban J connectivity index is 2.13. The molecule has 1 aliphatic rings. The van der Waals surface area contributed by atoms with Gasteiger partial charge in [0.05, 0.1) is 6.10 Å². The smallest absolute Gasteiger partial charge is 0.171 e. The molecule has 0 radical (unpaired) electrons. The number of rotatable bonds is 2. The van der Waals surface area contributed by atoms with Gasteiger partial charge in [0.25, 0.3) is 0 Å². The highest BCUT2D eigenvalue weighted by Gasteiger charge is 2.25. The Labute approximate surface area is 100 Å². The Morgan fingerprint density at radius 2 is 2.25 bits per heavy atom. The number of aliphatic hydroxyl groups excluding tert-OH is 1. The molecule has 1 saturated heterocycles. The Morgan fingerprint density at radius 3 is 2.94 bits per heavy atom. The first-order valence-electron chi connectivity index (χ1n) is 5.58.